The second kappa shape index (κ2) is 8.47. The van der Waals surface area contributed by atoms with Crippen molar-refractivity contribution in [2.45, 2.75) is 19.9 Å². The third-order valence-corrected chi connectivity index (χ3v) is 7.21. The first-order valence-corrected chi connectivity index (χ1v) is 10.8. The number of ketones is 1. The number of rotatable bonds is 7. The first-order chi connectivity index (χ1) is 13.0. The minimum Gasteiger partial charge on any atom is -0.297 e. The van der Waals surface area contributed by atoms with Crippen molar-refractivity contribution < 1.29 is 9.36 Å². The van der Waals surface area contributed by atoms with Gasteiger partial charge in [0.05, 0.1) is 6.04 Å². The van der Waals surface area contributed by atoms with Crippen LogP contribution < -0.4 is 15.7 Å². The number of carbonyl (C=O) groups is 1. The summed E-state index contributed by atoms with van der Waals surface area (Å²) in [5.41, 5.74) is 0.822. The molecule has 0 aromatic heterocycles. The molecule has 1 N–H and O–H groups in total. The summed E-state index contributed by atoms with van der Waals surface area (Å²) in [5.74, 6) is -0.156. The van der Waals surface area contributed by atoms with Crippen LogP contribution in [0.25, 0.3) is 0 Å². The van der Waals surface area contributed by atoms with Crippen molar-refractivity contribution >= 4 is 23.7 Å². The summed E-state index contributed by atoms with van der Waals surface area (Å²) in [6, 6.07) is 27.5. The molecule has 0 fully saturated rings. The van der Waals surface area contributed by atoms with E-state index in [0.717, 1.165) is 5.56 Å². The van der Waals surface area contributed by atoms with Gasteiger partial charge in [0.2, 0.25) is 7.29 Å². The summed E-state index contributed by atoms with van der Waals surface area (Å²) >= 11 is 0. The SMILES string of the molecule is CC(C)C(=O)C(NP(=O)(c1ccccc1)c1ccccc1)c1ccccc1. The summed E-state index contributed by atoms with van der Waals surface area (Å²) in [4.78, 5) is 13.0. The molecule has 27 heavy (non-hydrogen) atoms. The number of Topliss-reactive ketones (excluding diaryl/α,β-unsaturated/α-hetero) is 1. The average Bonchev–Trinajstić information content (AvgIpc) is 2.73. The maximum Gasteiger partial charge on any atom is 0.205 e. The van der Waals surface area contributed by atoms with Crippen LogP contribution in [0, 0.1) is 5.92 Å². The van der Waals surface area contributed by atoms with E-state index in [1.54, 1.807) is 0 Å². The molecule has 0 bridgehead atoms. The zero-order chi connectivity index (χ0) is 19.3. The molecule has 3 aromatic rings. The highest BCUT2D eigenvalue weighted by Gasteiger charge is 2.34. The van der Waals surface area contributed by atoms with Gasteiger partial charge in [-0.3, -0.25) is 9.36 Å². The molecule has 0 aliphatic carbocycles. The van der Waals surface area contributed by atoms with Crippen LogP contribution in [0.5, 0.6) is 0 Å². The Morgan fingerprint density at radius 3 is 1.56 bits per heavy atom. The summed E-state index contributed by atoms with van der Waals surface area (Å²) in [7, 11) is -3.21. The number of nitrogens with one attached hydrogen (secondary N) is 1. The molecule has 3 nitrogen and oxygen atoms in total. The Kier molecular flexibility index (Phi) is 6.05. The molecule has 0 saturated heterocycles. The average molecular weight is 377 g/mol. The van der Waals surface area contributed by atoms with Gasteiger partial charge in [-0.25, -0.2) is 5.09 Å². The van der Waals surface area contributed by atoms with Gasteiger partial charge in [0.15, 0.2) is 5.78 Å². The number of benzene rings is 3. The summed E-state index contributed by atoms with van der Waals surface area (Å²) in [6.45, 7) is 3.74. The highest BCUT2D eigenvalue weighted by atomic mass is 31.2. The molecule has 138 valence electrons. The Morgan fingerprint density at radius 1 is 0.741 bits per heavy atom. The Bertz CT molecular complexity index is 881. The zero-order valence-electron chi connectivity index (χ0n) is 15.6. The highest BCUT2D eigenvalue weighted by Crippen LogP contribution is 2.42. The lowest BCUT2D eigenvalue weighted by atomic mass is 9.96. The van der Waals surface area contributed by atoms with Crippen molar-refractivity contribution in [1.82, 2.24) is 5.09 Å². The van der Waals surface area contributed by atoms with Crippen LogP contribution in [-0.2, 0) is 9.36 Å². The highest BCUT2D eigenvalue weighted by molar-refractivity contribution is 7.77. The molecule has 0 amide bonds. The van der Waals surface area contributed by atoms with Gasteiger partial charge in [-0.15, -0.1) is 0 Å². The molecule has 0 aliphatic heterocycles. The van der Waals surface area contributed by atoms with E-state index in [0.29, 0.717) is 10.6 Å². The maximum absolute atomic E-state index is 14.3. The van der Waals surface area contributed by atoms with Gasteiger partial charge in [0, 0.05) is 16.5 Å². The first-order valence-electron chi connectivity index (χ1n) is 9.10. The van der Waals surface area contributed by atoms with E-state index in [1.165, 1.54) is 0 Å². The van der Waals surface area contributed by atoms with Crippen LogP contribution in [0.1, 0.15) is 25.5 Å². The van der Waals surface area contributed by atoms with E-state index in [-0.39, 0.29) is 11.7 Å². The normalized spacial score (nSPS) is 12.7. The van der Waals surface area contributed by atoms with Gasteiger partial charge in [-0.2, -0.15) is 0 Å². The molecule has 0 heterocycles. The molecule has 0 saturated carbocycles. The van der Waals surface area contributed by atoms with Crippen molar-refractivity contribution in [3.05, 3.63) is 96.6 Å². The number of carbonyl (C=O) groups excluding carboxylic acids is 1. The Balaban J connectivity index is 2.12. The van der Waals surface area contributed by atoms with Crippen molar-refractivity contribution in [3.63, 3.8) is 0 Å². The second-order valence-corrected chi connectivity index (χ2v) is 9.32. The van der Waals surface area contributed by atoms with Crippen molar-refractivity contribution in [2.75, 3.05) is 0 Å². The molecule has 3 rings (SSSR count). The van der Waals surface area contributed by atoms with Gasteiger partial charge in [0.1, 0.15) is 0 Å². The van der Waals surface area contributed by atoms with Crippen LogP contribution >= 0.6 is 7.29 Å². The van der Waals surface area contributed by atoms with Crippen LogP contribution in [0.4, 0.5) is 0 Å². The summed E-state index contributed by atoms with van der Waals surface area (Å²) < 4.78 is 14.3. The number of hydrogen-bond donors (Lipinski definition) is 1. The van der Waals surface area contributed by atoms with Crippen molar-refractivity contribution in [3.8, 4) is 0 Å². The van der Waals surface area contributed by atoms with Gasteiger partial charge in [0.25, 0.3) is 0 Å². The lowest BCUT2D eigenvalue weighted by molar-refractivity contribution is -0.123. The third kappa shape index (κ3) is 4.27. The first kappa shape index (κ1) is 19.3. The van der Waals surface area contributed by atoms with Crippen molar-refractivity contribution in [1.29, 1.82) is 0 Å². The topological polar surface area (TPSA) is 46.2 Å². The molecular formula is C23H24NO2P. The lowest BCUT2D eigenvalue weighted by Crippen LogP contribution is -2.36. The van der Waals surface area contributed by atoms with E-state index in [4.69, 9.17) is 0 Å². The van der Waals surface area contributed by atoms with E-state index < -0.39 is 13.3 Å². The molecule has 0 spiro atoms. The zero-order valence-corrected chi connectivity index (χ0v) is 16.5. The van der Waals surface area contributed by atoms with E-state index in [9.17, 15) is 9.36 Å². The summed E-state index contributed by atoms with van der Waals surface area (Å²) in [5, 5.41) is 4.64. The predicted molar refractivity (Wildman–Crippen MR) is 112 cm³/mol. The Hall–Kier alpha value is -2.48. The maximum atomic E-state index is 14.3. The van der Waals surface area contributed by atoms with Gasteiger partial charge in [-0.05, 0) is 29.8 Å². The molecule has 0 radical (unpaired) electrons. The molecular weight excluding hydrogens is 353 g/mol. The number of hydrogen-bond acceptors (Lipinski definition) is 2. The Morgan fingerprint density at radius 2 is 1.15 bits per heavy atom. The van der Waals surface area contributed by atoms with Gasteiger partial charge >= 0.3 is 0 Å². The fourth-order valence-electron chi connectivity index (χ4n) is 3.04. The fraction of sp³-hybridized carbons (Fsp3) is 0.174. The Labute approximate surface area is 160 Å². The van der Waals surface area contributed by atoms with Crippen LogP contribution in [0.2, 0.25) is 0 Å². The minimum absolute atomic E-state index is 0.0216. The molecule has 3 aromatic carbocycles. The third-order valence-electron chi connectivity index (χ3n) is 4.54. The largest absolute Gasteiger partial charge is 0.297 e. The van der Waals surface area contributed by atoms with Gasteiger partial charge < -0.3 is 0 Å². The predicted octanol–water partition coefficient (Wildman–Crippen LogP) is 4.47. The fourth-order valence-corrected chi connectivity index (χ4v) is 5.46. The molecule has 0 aliphatic rings. The quantitative estimate of drug-likeness (QED) is 0.618. The molecule has 1 unspecified atom stereocenters. The molecule has 1 atom stereocenters. The monoisotopic (exact) mass is 377 g/mol. The van der Waals surface area contributed by atoms with Crippen molar-refractivity contribution in [2.24, 2.45) is 5.92 Å². The second-order valence-electron chi connectivity index (χ2n) is 6.81. The van der Waals surface area contributed by atoms with Crippen LogP contribution in [0.3, 0.4) is 0 Å². The van der Waals surface area contributed by atoms with Crippen LogP contribution in [0.15, 0.2) is 91.0 Å². The van der Waals surface area contributed by atoms with E-state index in [2.05, 4.69) is 5.09 Å². The standard InChI is InChI=1S/C23H24NO2P/c1-18(2)23(25)22(19-12-6-3-7-13-19)24-27(26,20-14-8-4-9-15-20)21-16-10-5-11-17-21/h3-18,22H,1-2H3,(H,24,26). The van der Waals surface area contributed by atoms with Crippen LogP contribution in [-0.4, -0.2) is 5.78 Å². The smallest absolute Gasteiger partial charge is 0.205 e. The van der Waals surface area contributed by atoms with E-state index in [1.807, 2.05) is 105 Å². The minimum atomic E-state index is -3.21. The van der Waals surface area contributed by atoms with E-state index >= 15 is 0 Å². The van der Waals surface area contributed by atoms with Gasteiger partial charge in [-0.1, -0.05) is 80.6 Å². The molecule has 4 heteroatoms. The lowest BCUT2D eigenvalue weighted by Gasteiger charge is -2.27. The summed E-state index contributed by atoms with van der Waals surface area (Å²) in [6.07, 6.45) is 0.